The van der Waals surface area contributed by atoms with Crippen LogP contribution in [0.1, 0.15) is 113 Å². The molecule has 5 rings (SSSR count). The zero-order valence-electron chi connectivity index (χ0n) is 21.9. The molecule has 1 heteroatoms. The highest BCUT2D eigenvalue weighted by Gasteiger charge is 2.67. The second-order valence-corrected chi connectivity index (χ2v) is 14.7. The van der Waals surface area contributed by atoms with Gasteiger partial charge in [-0.05, 0) is 114 Å². The van der Waals surface area contributed by atoms with Crippen LogP contribution in [-0.2, 0) is 0 Å². The lowest BCUT2D eigenvalue weighted by Crippen LogP contribution is -2.64. The number of aliphatic hydroxyl groups is 1. The average Bonchev–Trinajstić information content (AvgIpc) is 2.69. The zero-order chi connectivity index (χ0) is 22.6. The fourth-order valence-electron chi connectivity index (χ4n) is 10.8. The van der Waals surface area contributed by atoms with Crippen LogP contribution in [0.3, 0.4) is 0 Å². The Morgan fingerprint density at radius 1 is 0.806 bits per heavy atom. The van der Waals surface area contributed by atoms with Gasteiger partial charge in [-0.15, -0.1) is 0 Å². The molecular weight excluding hydrogens is 376 g/mol. The summed E-state index contributed by atoms with van der Waals surface area (Å²) in [5, 5.41) is 10.9. The van der Waals surface area contributed by atoms with Crippen LogP contribution in [0.25, 0.3) is 0 Å². The summed E-state index contributed by atoms with van der Waals surface area (Å²) in [7, 11) is 0. The molecule has 31 heavy (non-hydrogen) atoms. The lowest BCUT2D eigenvalue weighted by atomic mass is 9.33. The molecule has 6 unspecified atom stereocenters. The molecule has 176 valence electrons. The second kappa shape index (κ2) is 6.64. The number of hydrogen-bond donors (Lipinski definition) is 1. The number of fused-ring (bicyclic) bond motifs is 7. The van der Waals surface area contributed by atoms with Gasteiger partial charge in [0, 0.05) is 0 Å². The Balaban J connectivity index is 1.59. The normalized spacial score (nSPS) is 58.3. The first-order chi connectivity index (χ1) is 14.3. The predicted molar refractivity (Wildman–Crippen MR) is 131 cm³/mol. The molecule has 0 radical (unpaired) electrons. The first-order valence-electron chi connectivity index (χ1n) is 13.7. The van der Waals surface area contributed by atoms with Crippen LogP contribution in [0.15, 0.2) is 11.6 Å². The van der Waals surface area contributed by atoms with Gasteiger partial charge in [0.25, 0.3) is 0 Å². The maximum Gasteiger partial charge on any atom is 0.0594 e. The van der Waals surface area contributed by atoms with Gasteiger partial charge in [0.15, 0.2) is 0 Å². The topological polar surface area (TPSA) is 20.2 Å². The molecule has 4 fully saturated rings. The van der Waals surface area contributed by atoms with Crippen LogP contribution in [-0.4, -0.2) is 11.2 Å². The molecule has 10 atom stereocenters. The highest BCUT2D eigenvalue weighted by molar-refractivity contribution is 5.33. The summed E-state index contributed by atoms with van der Waals surface area (Å²) in [6.45, 7) is 20.5. The molecule has 0 spiro atoms. The van der Waals surface area contributed by atoms with Crippen molar-refractivity contribution in [1.29, 1.82) is 0 Å². The van der Waals surface area contributed by atoms with Crippen LogP contribution in [0.5, 0.6) is 0 Å². The van der Waals surface area contributed by atoms with Crippen molar-refractivity contribution < 1.29 is 5.11 Å². The molecule has 4 saturated carbocycles. The van der Waals surface area contributed by atoms with Crippen molar-refractivity contribution in [3.63, 3.8) is 0 Å². The number of aliphatic hydroxyl groups excluding tert-OH is 1. The van der Waals surface area contributed by atoms with E-state index in [0.29, 0.717) is 27.6 Å². The minimum Gasteiger partial charge on any atom is -0.393 e. The molecule has 0 aromatic rings. The average molecular weight is 427 g/mol. The fraction of sp³-hybridized carbons (Fsp3) is 0.933. The van der Waals surface area contributed by atoms with Crippen LogP contribution >= 0.6 is 0 Å². The van der Waals surface area contributed by atoms with E-state index in [1.165, 1.54) is 51.4 Å². The van der Waals surface area contributed by atoms with Crippen molar-refractivity contribution in [3.05, 3.63) is 11.6 Å². The van der Waals surface area contributed by atoms with E-state index < -0.39 is 0 Å². The Labute approximate surface area is 192 Å². The van der Waals surface area contributed by atoms with Gasteiger partial charge in [-0.25, -0.2) is 0 Å². The first kappa shape index (κ1) is 22.5. The molecular formula is C30H50O. The van der Waals surface area contributed by atoms with Crippen LogP contribution in [0, 0.1) is 56.7 Å². The van der Waals surface area contributed by atoms with Gasteiger partial charge in [-0.3, -0.25) is 0 Å². The molecule has 0 aromatic carbocycles. The molecule has 5 aliphatic rings. The van der Waals surface area contributed by atoms with E-state index >= 15 is 0 Å². The maximum atomic E-state index is 10.9. The standard InChI is InChI=1S/C30H50O/c1-19-11-14-27(5)17-18-29(7)21(25(27)20(19)2)9-10-23-28(6)15-13-24(31)26(3,4)22(28)12-16-30(23,29)8/h9,19-20,22-25,31H,10-18H2,1-8H3/t19-,20?,22?,23?,24+,25?,27-,28?,29-,30?/m1/s1. The molecule has 0 heterocycles. The van der Waals surface area contributed by atoms with E-state index in [4.69, 9.17) is 0 Å². The van der Waals surface area contributed by atoms with E-state index in [2.05, 4.69) is 61.5 Å². The summed E-state index contributed by atoms with van der Waals surface area (Å²) in [5.74, 6) is 3.90. The third-order valence-corrected chi connectivity index (χ3v) is 13.4. The SMILES string of the molecule is CC1C2C3=CCC4C5(C)CC[C@H](O)C(C)(C)C5CCC4(C)[C@]3(C)CC[C@@]2(C)CC[C@H]1C. The third-order valence-electron chi connectivity index (χ3n) is 13.4. The molecule has 5 aliphatic carbocycles. The molecule has 0 aromatic heterocycles. The predicted octanol–water partition coefficient (Wildman–Crippen LogP) is 8.02. The Bertz CT molecular complexity index is 779. The maximum absolute atomic E-state index is 10.9. The van der Waals surface area contributed by atoms with E-state index in [-0.39, 0.29) is 11.5 Å². The Hall–Kier alpha value is -0.300. The smallest absolute Gasteiger partial charge is 0.0594 e. The van der Waals surface area contributed by atoms with Crippen molar-refractivity contribution in [2.45, 2.75) is 119 Å². The van der Waals surface area contributed by atoms with Crippen LogP contribution < -0.4 is 0 Å². The molecule has 1 N–H and O–H groups in total. The van der Waals surface area contributed by atoms with Gasteiger partial charge in [0.05, 0.1) is 6.10 Å². The highest BCUT2D eigenvalue weighted by Crippen LogP contribution is 2.75. The minimum absolute atomic E-state index is 0.0533. The van der Waals surface area contributed by atoms with Gasteiger partial charge < -0.3 is 5.11 Å². The Morgan fingerprint density at radius 2 is 1.52 bits per heavy atom. The molecule has 0 saturated heterocycles. The summed E-state index contributed by atoms with van der Waals surface area (Å²) in [6.07, 6.45) is 14.5. The number of allylic oxidation sites excluding steroid dienone is 2. The van der Waals surface area contributed by atoms with Gasteiger partial charge in [0.2, 0.25) is 0 Å². The fourth-order valence-corrected chi connectivity index (χ4v) is 10.8. The second-order valence-electron chi connectivity index (χ2n) is 14.7. The van der Waals surface area contributed by atoms with E-state index in [0.717, 1.165) is 30.1 Å². The lowest BCUT2D eigenvalue weighted by Gasteiger charge is -2.71. The first-order valence-corrected chi connectivity index (χ1v) is 13.7. The van der Waals surface area contributed by atoms with Gasteiger partial charge in [0.1, 0.15) is 0 Å². The van der Waals surface area contributed by atoms with Gasteiger partial charge in [-0.1, -0.05) is 67.0 Å². The van der Waals surface area contributed by atoms with E-state index in [1.807, 2.05) is 5.57 Å². The minimum atomic E-state index is -0.125. The van der Waals surface area contributed by atoms with Crippen molar-refractivity contribution in [2.24, 2.45) is 56.7 Å². The van der Waals surface area contributed by atoms with E-state index in [9.17, 15) is 5.11 Å². The summed E-state index contributed by atoms with van der Waals surface area (Å²) >= 11 is 0. The quantitative estimate of drug-likeness (QED) is 0.389. The van der Waals surface area contributed by atoms with Gasteiger partial charge in [-0.2, -0.15) is 0 Å². The lowest BCUT2D eigenvalue weighted by molar-refractivity contribution is -0.203. The van der Waals surface area contributed by atoms with Crippen molar-refractivity contribution in [2.75, 3.05) is 0 Å². The summed E-state index contributed by atoms with van der Waals surface area (Å²) in [4.78, 5) is 0. The molecule has 0 aliphatic heterocycles. The molecule has 0 amide bonds. The number of rotatable bonds is 0. The summed E-state index contributed by atoms with van der Waals surface area (Å²) in [5.41, 5.74) is 3.60. The van der Waals surface area contributed by atoms with E-state index in [1.54, 1.807) is 0 Å². The zero-order valence-corrected chi connectivity index (χ0v) is 21.9. The largest absolute Gasteiger partial charge is 0.393 e. The highest BCUT2D eigenvalue weighted by atomic mass is 16.3. The van der Waals surface area contributed by atoms with Crippen LogP contribution in [0.4, 0.5) is 0 Å². The molecule has 0 bridgehead atoms. The van der Waals surface area contributed by atoms with Crippen molar-refractivity contribution in [3.8, 4) is 0 Å². The third kappa shape index (κ3) is 2.65. The summed E-state index contributed by atoms with van der Waals surface area (Å²) < 4.78 is 0. The van der Waals surface area contributed by atoms with Crippen molar-refractivity contribution >= 4 is 0 Å². The van der Waals surface area contributed by atoms with Crippen LogP contribution in [0.2, 0.25) is 0 Å². The Kier molecular flexibility index (Phi) is 4.82. The monoisotopic (exact) mass is 426 g/mol. The number of hydrogen-bond acceptors (Lipinski definition) is 1. The van der Waals surface area contributed by atoms with Gasteiger partial charge >= 0.3 is 0 Å². The van der Waals surface area contributed by atoms with Crippen molar-refractivity contribution in [1.82, 2.24) is 0 Å². The molecule has 1 nitrogen and oxygen atoms in total. The Morgan fingerprint density at radius 3 is 2.23 bits per heavy atom. The summed E-state index contributed by atoms with van der Waals surface area (Å²) in [6, 6.07) is 0.